The minimum absolute atomic E-state index is 0. The van der Waals surface area contributed by atoms with Crippen LogP contribution in [0.2, 0.25) is 4.73 Å². The number of hydrogen-bond acceptors (Lipinski definition) is 1. The summed E-state index contributed by atoms with van der Waals surface area (Å²) in [6, 6.07) is 0. The number of hydrogen-bond donors (Lipinski definition) is 0. The quantitative estimate of drug-likeness (QED) is 0.144. The second kappa shape index (κ2) is 21.8. The SMILES string of the molecule is CCCCN(CCCC)C[CH2][Ti][C]1=C(C(C)CCC)C(C(C)CCC)=CC1C(C)CCC.Cl.Cl. The van der Waals surface area contributed by atoms with Gasteiger partial charge in [0.1, 0.15) is 0 Å². The molecule has 0 bridgehead atoms. The molecule has 4 heteroatoms. The molecule has 0 radical (unpaired) electrons. The predicted octanol–water partition coefficient (Wildman–Crippen LogP) is 10.4. The van der Waals surface area contributed by atoms with Crippen LogP contribution in [0.5, 0.6) is 0 Å². The maximum atomic E-state index is 2.79. The summed E-state index contributed by atoms with van der Waals surface area (Å²) in [6.07, 6.45) is 16.2. The first-order valence-corrected chi connectivity index (χ1v) is 16.3. The van der Waals surface area contributed by atoms with Crippen molar-refractivity contribution in [2.24, 2.45) is 23.7 Å². The van der Waals surface area contributed by atoms with Gasteiger partial charge in [-0.1, -0.05) is 0 Å². The van der Waals surface area contributed by atoms with Gasteiger partial charge in [0.25, 0.3) is 0 Å². The van der Waals surface area contributed by atoms with Crippen LogP contribution >= 0.6 is 24.8 Å². The van der Waals surface area contributed by atoms with Crippen LogP contribution in [0.4, 0.5) is 0 Å². The number of allylic oxidation sites excluding steroid dienone is 4. The average molecular weight is 553 g/mol. The summed E-state index contributed by atoms with van der Waals surface area (Å²) in [5.41, 5.74) is 3.63. The van der Waals surface area contributed by atoms with Crippen molar-refractivity contribution in [3.05, 3.63) is 21.1 Å². The summed E-state index contributed by atoms with van der Waals surface area (Å²) in [5, 5.41) is 0. The van der Waals surface area contributed by atoms with Gasteiger partial charge in [0.2, 0.25) is 0 Å². The van der Waals surface area contributed by atoms with Gasteiger partial charge < -0.3 is 0 Å². The van der Waals surface area contributed by atoms with Crippen LogP contribution in [0.15, 0.2) is 21.1 Å². The molecule has 0 saturated heterocycles. The van der Waals surface area contributed by atoms with E-state index in [9.17, 15) is 0 Å². The van der Waals surface area contributed by atoms with Crippen molar-refractivity contribution in [3.63, 3.8) is 0 Å². The van der Waals surface area contributed by atoms with Crippen molar-refractivity contribution < 1.29 is 19.2 Å². The molecule has 1 nitrogen and oxygen atoms in total. The Morgan fingerprint density at radius 3 is 1.76 bits per heavy atom. The van der Waals surface area contributed by atoms with Crippen molar-refractivity contribution in [1.29, 1.82) is 0 Å². The van der Waals surface area contributed by atoms with E-state index < -0.39 is 0 Å². The first-order chi connectivity index (χ1) is 15.4. The molecule has 0 aromatic carbocycles. The van der Waals surface area contributed by atoms with Crippen LogP contribution in [0.1, 0.15) is 120 Å². The number of rotatable bonds is 19. The smallest absolute Gasteiger partial charge is 0.147 e. The largest absolute Gasteiger partial charge is 0.147 e. The Kier molecular flexibility index (Phi) is 23.6. The van der Waals surface area contributed by atoms with Crippen LogP contribution < -0.4 is 0 Å². The second-order valence-corrected chi connectivity index (χ2v) is 12.8. The molecule has 0 saturated carbocycles. The molecule has 4 unspecified atom stereocenters. The third-order valence-corrected chi connectivity index (χ3v) is 9.79. The second-order valence-electron chi connectivity index (χ2n) is 10.6. The van der Waals surface area contributed by atoms with E-state index in [0.717, 1.165) is 23.7 Å². The molecule has 0 aliphatic heterocycles. The molecule has 1 aliphatic carbocycles. The molecular weight excluding hydrogens is 493 g/mol. The standard InChI is InChI=1S/C20H35.C10H22N.2ClH.Ti/c1-7-10-15(4)18-13-19(16(5)11-8-2)20(14-18)17(6)12-9-3;1-4-7-9-11(6-3)10-8-5-2;;;/h13,15-18H,7-12H2,1-6H3;3-10H2,1-2H3;2*1H;. The number of unbranched alkanes of at least 4 members (excludes halogenated alkanes) is 2. The maximum absolute atomic E-state index is 2.79. The predicted molar refractivity (Wildman–Crippen MR) is 156 cm³/mol. The minimum atomic E-state index is -0.0555. The molecule has 0 aromatic rings. The Morgan fingerprint density at radius 2 is 1.26 bits per heavy atom. The van der Waals surface area contributed by atoms with Gasteiger partial charge in [-0.3, -0.25) is 0 Å². The molecule has 202 valence electrons. The zero-order chi connectivity index (χ0) is 23.9. The van der Waals surface area contributed by atoms with Crippen LogP contribution in [0.25, 0.3) is 0 Å². The van der Waals surface area contributed by atoms with Gasteiger partial charge in [0, 0.05) is 0 Å². The van der Waals surface area contributed by atoms with E-state index in [-0.39, 0.29) is 44.0 Å². The minimum Gasteiger partial charge on any atom is -0.147 e. The number of halogens is 2. The van der Waals surface area contributed by atoms with Gasteiger partial charge in [-0.05, 0) is 0 Å². The van der Waals surface area contributed by atoms with Crippen molar-refractivity contribution >= 4 is 24.8 Å². The molecule has 0 N–H and O–H groups in total. The van der Waals surface area contributed by atoms with E-state index in [0.29, 0.717) is 0 Å². The summed E-state index contributed by atoms with van der Waals surface area (Å²) in [5.74, 6) is 3.04. The van der Waals surface area contributed by atoms with E-state index in [4.69, 9.17) is 0 Å². The van der Waals surface area contributed by atoms with Gasteiger partial charge >= 0.3 is 213 Å². The summed E-state index contributed by atoms with van der Waals surface area (Å²) >= 11 is -0.0555. The van der Waals surface area contributed by atoms with Crippen molar-refractivity contribution in [2.45, 2.75) is 124 Å². The zero-order valence-corrected chi connectivity index (χ0v) is 27.2. The Balaban J connectivity index is 0. The summed E-state index contributed by atoms with van der Waals surface area (Å²) in [4.78, 5) is 2.79. The molecular formula is C30H59Cl2NTi. The van der Waals surface area contributed by atoms with Crippen molar-refractivity contribution in [2.75, 3.05) is 19.6 Å². The first kappa shape index (κ1) is 36.9. The molecule has 34 heavy (non-hydrogen) atoms. The van der Waals surface area contributed by atoms with Crippen LogP contribution in [-0.2, 0) is 19.2 Å². The molecule has 0 heterocycles. The summed E-state index contributed by atoms with van der Waals surface area (Å²) in [7, 11) is 0. The molecule has 1 rings (SSSR count). The Bertz CT molecular complexity index is 552. The summed E-state index contributed by atoms with van der Waals surface area (Å²) < 4.78 is 3.43. The van der Waals surface area contributed by atoms with Gasteiger partial charge in [0.15, 0.2) is 0 Å². The van der Waals surface area contributed by atoms with Gasteiger partial charge in [-0.15, -0.1) is 24.8 Å². The first-order valence-electron chi connectivity index (χ1n) is 14.4. The molecule has 0 aromatic heterocycles. The fraction of sp³-hybridized carbons (Fsp3) is 0.867. The Labute approximate surface area is 236 Å². The van der Waals surface area contributed by atoms with E-state index >= 15 is 0 Å². The van der Waals surface area contributed by atoms with Gasteiger partial charge in [0.05, 0.1) is 0 Å². The summed E-state index contributed by atoms with van der Waals surface area (Å²) in [6.45, 7) is 23.3. The maximum Gasteiger partial charge on any atom is -0.147 e. The molecule has 0 spiro atoms. The van der Waals surface area contributed by atoms with E-state index in [1.54, 1.807) is 5.57 Å². The molecule has 4 atom stereocenters. The third-order valence-electron chi connectivity index (χ3n) is 7.52. The fourth-order valence-electron chi connectivity index (χ4n) is 5.59. The normalized spacial score (nSPS) is 18.3. The van der Waals surface area contributed by atoms with E-state index in [1.807, 2.05) is 9.45 Å². The average Bonchev–Trinajstić information content (AvgIpc) is 3.15. The van der Waals surface area contributed by atoms with Crippen molar-refractivity contribution in [1.82, 2.24) is 4.90 Å². The van der Waals surface area contributed by atoms with Gasteiger partial charge in [-0.25, -0.2) is 0 Å². The Hall–Kier alpha value is 0.734. The zero-order valence-electron chi connectivity index (χ0n) is 24.0. The van der Waals surface area contributed by atoms with E-state index in [1.165, 1.54) is 88.6 Å². The topological polar surface area (TPSA) is 3.24 Å². The van der Waals surface area contributed by atoms with Crippen LogP contribution in [0, 0.1) is 23.7 Å². The monoisotopic (exact) mass is 551 g/mol. The van der Waals surface area contributed by atoms with E-state index in [2.05, 4.69) is 66.4 Å². The van der Waals surface area contributed by atoms with Crippen molar-refractivity contribution in [3.8, 4) is 0 Å². The van der Waals surface area contributed by atoms with Crippen LogP contribution in [0.3, 0.4) is 0 Å². The number of nitrogens with zero attached hydrogens (tertiary/aromatic N) is 1. The molecule has 0 amide bonds. The Morgan fingerprint density at radius 1 is 0.735 bits per heavy atom. The fourth-order valence-corrected chi connectivity index (χ4v) is 8.53. The third kappa shape index (κ3) is 12.3. The molecule has 1 aliphatic rings. The van der Waals surface area contributed by atoms with Gasteiger partial charge in [-0.2, -0.15) is 0 Å². The molecule has 0 fully saturated rings. The van der Waals surface area contributed by atoms with Crippen LogP contribution in [-0.4, -0.2) is 24.5 Å².